The molecule has 0 atom stereocenters. The van der Waals surface area contributed by atoms with E-state index in [-0.39, 0.29) is 23.0 Å². The Hall–Kier alpha value is -2.69. The van der Waals surface area contributed by atoms with Gasteiger partial charge < -0.3 is 5.32 Å². The summed E-state index contributed by atoms with van der Waals surface area (Å²) in [5, 5.41) is 5.62. The van der Waals surface area contributed by atoms with Gasteiger partial charge in [0, 0.05) is 17.2 Å². The van der Waals surface area contributed by atoms with E-state index in [0.717, 1.165) is 11.8 Å². The SMILES string of the molecule is CS(=O)(=O)c1ccc2nc(NC(=O)Cc3csc(-c4ccc(F)cc4)n3)sc2c1. The van der Waals surface area contributed by atoms with E-state index >= 15 is 0 Å². The van der Waals surface area contributed by atoms with Crippen molar-refractivity contribution >= 4 is 53.8 Å². The van der Waals surface area contributed by atoms with Crippen molar-refractivity contribution in [2.24, 2.45) is 0 Å². The van der Waals surface area contributed by atoms with Gasteiger partial charge in [-0.15, -0.1) is 11.3 Å². The number of fused-ring (bicyclic) bond motifs is 1. The van der Waals surface area contributed by atoms with Gasteiger partial charge >= 0.3 is 0 Å². The van der Waals surface area contributed by atoms with E-state index in [2.05, 4.69) is 15.3 Å². The van der Waals surface area contributed by atoms with Crippen LogP contribution in [0.3, 0.4) is 0 Å². The highest BCUT2D eigenvalue weighted by molar-refractivity contribution is 7.90. The predicted octanol–water partition coefficient (Wildman–Crippen LogP) is 4.14. The van der Waals surface area contributed by atoms with E-state index in [9.17, 15) is 17.6 Å². The smallest absolute Gasteiger partial charge is 0.232 e. The van der Waals surface area contributed by atoms with Crippen LogP contribution in [0.2, 0.25) is 0 Å². The quantitative estimate of drug-likeness (QED) is 0.497. The van der Waals surface area contributed by atoms with E-state index in [0.29, 0.717) is 26.0 Å². The summed E-state index contributed by atoms with van der Waals surface area (Å²) in [6, 6.07) is 10.7. The molecule has 0 saturated heterocycles. The van der Waals surface area contributed by atoms with Crippen molar-refractivity contribution in [1.29, 1.82) is 0 Å². The van der Waals surface area contributed by atoms with Crippen LogP contribution in [-0.2, 0) is 21.1 Å². The zero-order valence-corrected chi connectivity index (χ0v) is 17.5. The lowest BCUT2D eigenvalue weighted by molar-refractivity contribution is -0.115. The fourth-order valence-corrected chi connectivity index (χ4v) is 5.10. The number of anilines is 1. The molecule has 1 N–H and O–H groups in total. The molecule has 2 aromatic heterocycles. The molecule has 0 spiro atoms. The Labute approximate surface area is 174 Å². The molecule has 2 aromatic carbocycles. The number of sulfone groups is 1. The van der Waals surface area contributed by atoms with Gasteiger partial charge in [0.05, 0.1) is 27.2 Å². The minimum absolute atomic E-state index is 0.0716. The second-order valence-corrected chi connectivity index (χ2v) is 10.2. The van der Waals surface area contributed by atoms with E-state index < -0.39 is 9.84 Å². The highest BCUT2D eigenvalue weighted by atomic mass is 32.2. The Morgan fingerprint density at radius 2 is 1.90 bits per heavy atom. The summed E-state index contributed by atoms with van der Waals surface area (Å²) in [6.07, 6.45) is 1.22. The Bertz CT molecular complexity index is 1310. The standard InChI is InChI=1S/C19H14FN3O3S3/c1-29(25,26)14-6-7-15-16(9-14)28-19(22-15)23-17(24)8-13-10-27-18(21-13)11-2-4-12(20)5-3-11/h2-7,9-10H,8H2,1H3,(H,22,23,24). The van der Waals surface area contributed by atoms with E-state index in [4.69, 9.17) is 0 Å². The van der Waals surface area contributed by atoms with Crippen LogP contribution in [0, 0.1) is 5.82 Å². The predicted molar refractivity (Wildman–Crippen MR) is 113 cm³/mol. The molecular formula is C19H14FN3O3S3. The number of carbonyl (C=O) groups excluding carboxylic acids is 1. The molecule has 4 aromatic rings. The largest absolute Gasteiger partial charge is 0.302 e. The van der Waals surface area contributed by atoms with Crippen molar-refractivity contribution in [3.63, 3.8) is 0 Å². The second kappa shape index (κ2) is 7.62. The zero-order valence-electron chi connectivity index (χ0n) is 15.0. The molecule has 0 aliphatic carbocycles. The number of aromatic nitrogens is 2. The summed E-state index contributed by atoms with van der Waals surface area (Å²) in [5.74, 6) is -0.590. The molecule has 4 rings (SSSR count). The first-order valence-electron chi connectivity index (χ1n) is 8.39. The number of amides is 1. The first-order valence-corrected chi connectivity index (χ1v) is 12.0. The summed E-state index contributed by atoms with van der Waals surface area (Å²) in [6.45, 7) is 0. The van der Waals surface area contributed by atoms with Crippen LogP contribution in [0.4, 0.5) is 9.52 Å². The van der Waals surface area contributed by atoms with Gasteiger partial charge in [-0.05, 0) is 42.5 Å². The van der Waals surface area contributed by atoms with Gasteiger partial charge in [0.25, 0.3) is 0 Å². The second-order valence-electron chi connectivity index (χ2n) is 6.30. The number of rotatable bonds is 5. The summed E-state index contributed by atoms with van der Waals surface area (Å²) in [4.78, 5) is 21.3. The first-order chi connectivity index (χ1) is 13.8. The Morgan fingerprint density at radius 1 is 1.14 bits per heavy atom. The van der Waals surface area contributed by atoms with Gasteiger partial charge in [-0.3, -0.25) is 4.79 Å². The lowest BCUT2D eigenvalue weighted by atomic mass is 10.2. The maximum atomic E-state index is 13.0. The van der Waals surface area contributed by atoms with Crippen LogP contribution in [0.5, 0.6) is 0 Å². The van der Waals surface area contributed by atoms with E-state index in [1.807, 2.05) is 0 Å². The highest BCUT2D eigenvalue weighted by Crippen LogP contribution is 2.29. The van der Waals surface area contributed by atoms with Gasteiger partial charge in [0.2, 0.25) is 5.91 Å². The van der Waals surface area contributed by atoms with Crippen molar-refractivity contribution < 1.29 is 17.6 Å². The summed E-state index contributed by atoms with van der Waals surface area (Å²) in [5.41, 5.74) is 2.01. The summed E-state index contributed by atoms with van der Waals surface area (Å²) >= 11 is 2.59. The third-order valence-electron chi connectivity index (χ3n) is 4.02. The minimum Gasteiger partial charge on any atom is -0.302 e. The molecule has 6 nitrogen and oxygen atoms in total. The number of benzene rings is 2. The topological polar surface area (TPSA) is 89.0 Å². The third-order valence-corrected chi connectivity index (χ3v) is 7.00. The number of hydrogen-bond donors (Lipinski definition) is 1. The number of hydrogen-bond acceptors (Lipinski definition) is 7. The van der Waals surface area contributed by atoms with Gasteiger partial charge in [-0.25, -0.2) is 22.8 Å². The lowest BCUT2D eigenvalue weighted by Gasteiger charge is -1.99. The van der Waals surface area contributed by atoms with Crippen molar-refractivity contribution in [3.8, 4) is 10.6 Å². The van der Waals surface area contributed by atoms with Crippen LogP contribution in [0.15, 0.2) is 52.7 Å². The third kappa shape index (κ3) is 4.50. The van der Waals surface area contributed by atoms with Gasteiger partial charge in [-0.2, -0.15) is 0 Å². The number of thiazole rings is 2. The van der Waals surface area contributed by atoms with Crippen molar-refractivity contribution in [2.45, 2.75) is 11.3 Å². The Balaban J connectivity index is 1.46. The molecule has 0 aliphatic heterocycles. The average molecular weight is 448 g/mol. The van der Waals surface area contributed by atoms with Crippen LogP contribution >= 0.6 is 22.7 Å². The molecule has 0 saturated carbocycles. The fourth-order valence-electron chi connectivity index (χ4n) is 2.63. The molecule has 0 fully saturated rings. The fraction of sp³-hybridized carbons (Fsp3) is 0.105. The number of nitrogens with zero attached hydrogens (tertiary/aromatic N) is 2. The highest BCUT2D eigenvalue weighted by Gasteiger charge is 2.14. The monoisotopic (exact) mass is 447 g/mol. The Morgan fingerprint density at radius 3 is 2.62 bits per heavy atom. The molecular weight excluding hydrogens is 433 g/mol. The molecule has 2 heterocycles. The van der Waals surface area contributed by atoms with Crippen LogP contribution < -0.4 is 5.32 Å². The van der Waals surface area contributed by atoms with E-state index in [1.54, 1.807) is 29.6 Å². The lowest BCUT2D eigenvalue weighted by Crippen LogP contribution is -2.14. The molecule has 0 radical (unpaired) electrons. The molecule has 148 valence electrons. The number of nitrogens with one attached hydrogen (secondary N) is 1. The van der Waals surface area contributed by atoms with Crippen molar-refractivity contribution in [2.75, 3.05) is 11.6 Å². The maximum Gasteiger partial charge on any atom is 0.232 e. The van der Waals surface area contributed by atoms with Gasteiger partial charge in [-0.1, -0.05) is 11.3 Å². The molecule has 1 amide bonds. The minimum atomic E-state index is -3.31. The van der Waals surface area contributed by atoms with Crippen LogP contribution in [-0.4, -0.2) is 30.5 Å². The van der Waals surface area contributed by atoms with E-state index in [1.165, 1.54) is 40.9 Å². The van der Waals surface area contributed by atoms with Crippen LogP contribution in [0.25, 0.3) is 20.8 Å². The normalized spacial score (nSPS) is 11.7. The van der Waals surface area contributed by atoms with Gasteiger partial charge in [0.1, 0.15) is 10.8 Å². The molecule has 10 heteroatoms. The van der Waals surface area contributed by atoms with Gasteiger partial charge in [0.15, 0.2) is 15.0 Å². The summed E-state index contributed by atoms with van der Waals surface area (Å²) in [7, 11) is -3.31. The zero-order chi connectivity index (χ0) is 20.6. The molecule has 0 bridgehead atoms. The van der Waals surface area contributed by atoms with Crippen molar-refractivity contribution in [1.82, 2.24) is 9.97 Å². The summed E-state index contributed by atoms with van der Waals surface area (Å²) < 4.78 is 37.1. The maximum absolute atomic E-state index is 13.0. The molecule has 0 unspecified atom stereocenters. The van der Waals surface area contributed by atoms with Crippen molar-refractivity contribution in [3.05, 3.63) is 59.4 Å². The average Bonchev–Trinajstić information content (AvgIpc) is 3.27. The number of carbonyl (C=O) groups is 1. The Kier molecular flexibility index (Phi) is 5.15. The van der Waals surface area contributed by atoms with Crippen LogP contribution in [0.1, 0.15) is 5.69 Å². The first kappa shape index (κ1) is 19.6. The number of halogens is 1. The molecule has 29 heavy (non-hydrogen) atoms. The molecule has 0 aliphatic rings.